The molecule has 0 saturated carbocycles. The molecule has 0 aliphatic carbocycles. The van der Waals surface area contributed by atoms with Crippen LogP contribution in [0.15, 0.2) is 54.6 Å². The van der Waals surface area contributed by atoms with E-state index in [2.05, 4.69) is 46.2 Å². The van der Waals surface area contributed by atoms with Gasteiger partial charge in [0.05, 0.1) is 19.3 Å². The van der Waals surface area contributed by atoms with E-state index in [1.54, 1.807) is 0 Å². The van der Waals surface area contributed by atoms with Crippen molar-refractivity contribution in [2.75, 3.05) is 59.2 Å². The zero-order valence-corrected chi connectivity index (χ0v) is 19.4. The molecule has 1 unspecified atom stereocenters. The largest absolute Gasteiger partial charge is 0.464 e. The van der Waals surface area contributed by atoms with Gasteiger partial charge in [0, 0.05) is 50.3 Å². The molecule has 2 aromatic rings. The zero-order valence-electron chi connectivity index (χ0n) is 18.7. The highest BCUT2D eigenvalue weighted by Gasteiger charge is 2.26. The summed E-state index contributed by atoms with van der Waals surface area (Å²) < 4.78 is 10.5. The third kappa shape index (κ3) is 7.57. The number of nitrogens with zero attached hydrogens (tertiary/aromatic N) is 2. The van der Waals surface area contributed by atoms with Gasteiger partial charge in [-0.15, -0.1) is 0 Å². The molecule has 0 radical (unpaired) electrons. The van der Waals surface area contributed by atoms with Crippen LogP contribution >= 0.6 is 11.6 Å². The summed E-state index contributed by atoms with van der Waals surface area (Å²) in [5.41, 5.74) is 2.52. The van der Waals surface area contributed by atoms with Gasteiger partial charge in [-0.3, -0.25) is 9.80 Å². The van der Waals surface area contributed by atoms with Crippen LogP contribution < -0.4 is 0 Å². The number of esters is 1. The lowest BCUT2D eigenvalue weighted by Gasteiger charge is -2.39. The van der Waals surface area contributed by atoms with E-state index < -0.39 is 0 Å². The average molecular weight is 461 g/mol. The number of hydrogen-bond acceptors (Lipinski definition) is 6. The molecule has 32 heavy (non-hydrogen) atoms. The highest BCUT2D eigenvalue weighted by Crippen LogP contribution is 2.30. The van der Waals surface area contributed by atoms with E-state index >= 15 is 0 Å². The van der Waals surface area contributed by atoms with Gasteiger partial charge in [-0.2, -0.15) is 0 Å². The highest BCUT2D eigenvalue weighted by molar-refractivity contribution is 6.30. The third-order valence-corrected chi connectivity index (χ3v) is 5.94. The normalized spacial score (nSPS) is 17.1. The molecule has 1 aliphatic heterocycles. The Kier molecular flexibility index (Phi) is 9.96. The molecule has 1 saturated heterocycles. The number of rotatable bonds is 11. The van der Waals surface area contributed by atoms with Crippen LogP contribution in [0.25, 0.3) is 0 Å². The molecule has 1 N–H and O–H groups in total. The van der Waals surface area contributed by atoms with Crippen LogP contribution in [-0.4, -0.2) is 80.0 Å². The summed E-state index contributed by atoms with van der Waals surface area (Å²) in [4.78, 5) is 16.5. The lowest BCUT2D eigenvalue weighted by Crippen LogP contribution is -2.48. The maximum atomic E-state index is 11.7. The molecule has 0 aromatic heterocycles. The van der Waals surface area contributed by atoms with Gasteiger partial charge >= 0.3 is 5.97 Å². The summed E-state index contributed by atoms with van der Waals surface area (Å²) in [7, 11) is 0. The second-order valence-corrected chi connectivity index (χ2v) is 8.70. The van der Waals surface area contributed by atoms with E-state index in [1.165, 1.54) is 11.1 Å². The Hall–Kier alpha value is -1.96. The van der Waals surface area contributed by atoms with E-state index in [9.17, 15) is 4.79 Å². The summed E-state index contributed by atoms with van der Waals surface area (Å²) >= 11 is 6.11. The Labute approximate surface area is 195 Å². The van der Waals surface area contributed by atoms with Gasteiger partial charge in [0.25, 0.3) is 0 Å². The van der Waals surface area contributed by atoms with E-state index in [1.807, 2.05) is 25.1 Å². The molecular weight excluding hydrogens is 428 g/mol. The number of hydrogen-bond donors (Lipinski definition) is 1. The molecule has 0 bridgehead atoms. The first-order valence-corrected chi connectivity index (χ1v) is 11.6. The molecule has 1 aliphatic rings. The highest BCUT2D eigenvalue weighted by atomic mass is 35.5. The SMILES string of the molecule is CC(CO)COC(=O)COCCN1CCN([C@@H](c2ccccc2)c2ccc(Cl)cc2)CC1. The van der Waals surface area contributed by atoms with E-state index in [0.717, 1.165) is 37.7 Å². The standard InChI is InChI=1S/C25H33ClN2O4/c1-20(17-29)18-32-24(30)19-31-16-15-27-11-13-28(14-12-27)25(21-5-3-2-4-6-21)22-7-9-23(26)10-8-22/h2-10,20,25,29H,11-19H2,1H3/t20?,25-/m0/s1. The van der Waals surface area contributed by atoms with Crippen LogP contribution in [0.4, 0.5) is 0 Å². The predicted molar refractivity (Wildman–Crippen MR) is 126 cm³/mol. The zero-order chi connectivity index (χ0) is 22.8. The maximum absolute atomic E-state index is 11.7. The molecule has 2 aromatic carbocycles. The first-order valence-electron chi connectivity index (χ1n) is 11.2. The fraction of sp³-hybridized carbons (Fsp3) is 0.480. The topological polar surface area (TPSA) is 62.2 Å². The van der Waals surface area contributed by atoms with Crippen molar-refractivity contribution in [1.29, 1.82) is 0 Å². The van der Waals surface area contributed by atoms with Crippen molar-refractivity contribution in [3.8, 4) is 0 Å². The predicted octanol–water partition coefficient (Wildman–Crippen LogP) is 3.24. The Balaban J connectivity index is 1.46. The number of benzene rings is 2. The molecule has 1 heterocycles. The van der Waals surface area contributed by atoms with Crippen LogP contribution in [0, 0.1) is 5.92 Å². The lowest BCUT2D eigenvalue weighted by molar-refractivity contribution is -0.150. The van der Waals surface area contributed by atoms with Crippen molar-refractivity contribution >= 4 is 17.6 Å². The maximum Gasteiger partial charge on any atom is 0.332 e. The summed E-state index contributed by atoms with van der Waals surface area (Å²) in [6.45, 7) is 7.05. The molecule has 174 valence electrons. The second-order valence-electron chi connectivity index (χ2n) is 8.27. The summed E-state index contributed by atoms with van der Waals surface area (Å²) in [6.07, 6.45) is 0. The minimum atomic E-state index is -0.385. The van der Waals surface area contributed by atoms with E-state index in [4.69, 9.17) is 26.2 Å². The van der Waals surface area contributed by atoms with Crippen LogP contribution in [0.2, 0.25) is 5.02 Å². The number of ether oxygens (including phenoxy) is 2. The van der Waals surface area contributed by atoms with Crippen molar-refractivity contribution in [3.05, 3.63) is 70.7 Å². The third-order valence-electron chi connectivity index (χ3n) is 5.69. The summed E-state index contributed by atoms with van der Waals surface area (Å²) in [6, 6.07) is 18.9. The molecule has 0 spiro atoms. The van der Waals surface area contributed by atoms with Crippen molar-refractivity contribution in [2.24, 2.45) is 5.92 Å². The van der Waals surface area contributed by atoms with Gasteiger partial charge in [-0.05, 0) is 23.3 Å². The van der Waals surface area contributed by atoms with Crippen molar-refractivity contribution in [1.82, 2.24) is 9.80 Å². The Morgan fingerprint density at radius 2 is 1.69 bits per heavy atom. The molecule has 0 amide bonds. The first kappa shape index (κ1) is 24.7. The Morgan fingerprint density at radius 1 is 1.03 bits per heavy atom. The Bertz CT molecular complexity index is 810. The van der Waals surface area contributed by atoms with Gasteiger partial charge in [-0.25, -0.2) is 4.79 Å². The number of carbonyl (C=O) groups excluding carboxylic acids is 1. The number of aliphatic hydroxyl groups excluding tert-OH is 1. The number of aliphatic hydroxyl groups is 1. The Morgan fingerprint density at radius 3 is 2.34 bits per heavy atom. The van der Waals surface area contributed by atoms with Crippen molar-refractivity contribution in [2.45, 2.75) is 13.0 Å². The molecular formula is C25H33ClN2O4. The van der Waals surface area contributed by atoms with Crippen LogP contribution in [0.5, 0.6) is 0 Å². The monoisotopic (exact) mass is 460 g/mol. The quantitative estimate of drug-likeness (QED) is 0.410. The minimum absolute atomic E-state index is 0.00324. The van der Waals surface area contributed by atoms with E-state index in [0.29, 0.717) is 6.61 Å². The van der Waals surface area contributed by atoms with Crippen LogP contribution in [0.1, 0.15) is 24.1 Å². The fourth-order valence-electron chi connectivity index (χ4n) is 3.82. The van der Waals surface area contributed by atoms with Crippen LogP contribution in [0.3, 0.4) is 0 Å². The molecule has 3 rings (SSSR count). The smallest absolute Gasteiger partial charge is 0.332 e. The number of carbonyl (C=O) groups is 1. The molecule has 7 heteroatoms. The van der Waals surface area contributed by atoms with Gasteiger partial charge < -0.3 is 14.6 Å². The minimum Gasteiger partial charge on any atom is -0.464 e. The molecule has 1 fully saturated rings. The van der Waals surface area contributed by atoms with Gasteiger partial charge in [0.1, 0.15) is 6.61 Å². The lowest BCUT2D eigenvalue weighted by atomic mass is 9.96. The van der Waals surface area contributed by atoms with Gasteiger partial charge in [0.2, 0.25) is 0 Å². The first-order chi connectivity index (χ1) is 15.6. The van der Waals surface area contributed by atoms with Crippen molar-refractivity contribution in [3.63, 3.8) is 0 Å². The second kappa shape index (κ2) is 12.9. The van der Waals surface area contributed by atoms with E-state index in [-0.39, 0.29) is 37.7 Å². The van der Waals surface area contributed by atoms with Gasteiger partial charge in [-0.1, -0.05) is 61.0 Å². The van der Waals surface area contributed by atoms with Crippen molar-refractivity contribution < 1.29 is 19.4 Å². The van der Waals surface area contributed by atoms with Crippen LogP contribution in [-0.2, 0) is 14.3 Å². The number of halogens is 1. The number of piperazine rings is 1. The average Bonchev–Trinajstić information content (AvgIpc) is 2.83. The molecule has 2 atom stereocenters. The summed E-state index contributed by atoms with van der Waals surface area (Å²) in [5.74, 6) is -0.438. The molecule has 6 nitrogen and oxygen atoms in total. The van der Waals surface area contributed by atoms with Gasteiger partial charge in [0.15, 0.2) is 0 Å². The fourth-order valence-corrected chi connectivity index (χ4v) is 3.94. The summed E-state index contributed by atoms with van der Waals surface area (Å²) in [5, 5.41) is 9.71.